The molecule has 0 fully saturated rings. The van der Waals surface area contributed by atoms with Gasteiger partial charge in [-0.25, -0.2) is 8.42 Å². The number of nitrogens with one attached hydrogen (secondary N) is 1. The van der Waals surface area contributed by atoms with Gasteiger partial charge in [-0.1, -0.05) is 108 Å². The van der Waals surface area contributed by atoms with Crippen LogP contribution in [0.1, 0.15) is 30.5 Å². The lowest BCUT2D eigenvalue weighted by Gasteiger charge is -2.34. The number of sulfonamides is 1. The first kappa shape index (κ1) is 34.2. The van der Waals surface area contributed by atoms with E-state index in [1.165, 1.54) is 17.0 Å². The van der Waals surface area contributed by atoms with Crippen molar-refractivity contribution in [3.63, 3.8) is 0 Å². The molecule has 0 spiro atoms. The first-order valence-electron chi connectivity index (χ1n) is 14.6. The summed E-state index contributed by atoms with van der Waals surface area (Å²) in [7, 11) is -4.21. The summed E-state index contributed by atoms with van der Waals surface area (Å²) < 4.78 is 30.3. The molecule has 4 aromatic rings. The van der Waals surface area contributed by atoms with E-state index in [-0.39, 0.29) is 35.4 Å². The van der Waals surface area contributed by atoms with Gasteiger partial charge in [0, 0.05) is 29.0 Å². The van der Waals surface area contributed by atoms with Crippen molar-refractivity contribution in [1.29, 1.82) is 0 Å². The topological polar surface area (TPSA) is 86.8 Å². The first-order valence-corrected chi connectivity index (χ1v) is 17.3. The predicted octanol–water partition coefficient (Wildman–Crippen LogP) is 7.02. The summed E-state index contributed by atoms with van der Waals surface area (Å²) in [5.41, 5.74) is 2.57. The van der Waals surface area contributed by atoms with Crippen LogP contribution in [0.4, 0.5) is 5.69 Å². The monoisotopic (exact) mass is 709 g/mol. The Labute approximate surface area is 279 Å². The summed E-state index contributed by atoms with van der Waals surface area (Å²) in [6.45, 7) is 5.74. The van der Waals surface area contributed by atoms with E-state index in [2.05, 4.69) is 21.2 Å². The lowest BCUT2D eigenvalue weighted by atomic mass is 10.0. The zero-order valence-corrected chi connectivity index (χ0v) is 28.6. The Hall–Kier alpha value is -3.66. The normalized spacial score (nSPS) is 12.0. The van der Waals surface area contributed by atoms with Gasteiger partial charge in [-0.15, -0.1) is 0 Å². The molecule has 0 bridgehead atoms. The van der Waals surface area contributed by atoms with Crippen LogP contribution in [0.15, 0.2) is 112 Å². The summed E-state index contributed by atoms with van der Waals surface area (Å²) in [6.07, 6.45) is 0.245. The number of amides is 2. The molecule has 1 N–H and O–H groups in total. The molecule has 0 heterocycles. The molecule has 45 heavy (non-hydrogen) atoms. The SMILES string of the molecule is Cc1ccc(Cl)cc1N(CC(=O)N(Cc1ccc(Br)cc1)[C@@H](Cc1ccccc1)C(=O)NCC(C)C)S(=O)(=O)c1ccccc1. The van der Waals surface area contributed by atoms with Crippen molar-refractivity contribution in [2.45, 2.75) is 44.7 Å². The third-order valence-corrected chi connectivity index (χ3v) is 9.81. The summed E-state index contributed by atoms with van der Waals surface area (Å²) in [4.78, 5) is 29.9. The molecule has 0 aliphatic heterocycles. The van der Waals surface area contributed by atoms with Crippen LogP contribution in [-0.2, 0) is 32.6 Å². The fourth-order valence-corrected chi connectivity index (χ4v) is 6.77. The molecule has 0 unspecified atom stereocenters. The Morgan fingerprint density at radius 2 is 1.49 bits per heavy atom. The molecular formula is C35H37BrClN3O4S. The van der Waals surface area contributed by atoms with Gasteiger partial charge in [0.2, 0.25) is 11.8 Å². The lowest BCUT2D eigenvalue weighted by molar-refractivity contribution is -0.140. The third-order valence-electron chi connectivity index (χ3n) is 7.27. The third kappa shape index (κ3) is 9.19. The van der Waals surface area contributed by atoms with Gasteiger partial charge in [0.15, 0.2) is 0 Å². The molecule has 0 aromatic heterocycles. The fraction of sp³-hybridized carbons (Fsp3) is 0.257. The number of hydrogen-bond donors (Lipinski definition) is 1. The second kappa shape index (κ2) is 15.6. The van der Waals surface area contributed by atoms with Crippen molar-refractivity contribution >= 4 is 55.1 Å². The van der Waals surface area contributed by atoms with Crippen molar-refractivity contribution in [3.8, 4) is 0 Å². The molecule has 236 valence electrons. The Bertz CT molecular complexity index is 1700. The van der Waals surface area contributed by atoms with Gasteiger partial charge in [-0.2, -0.15) is 0 Å². The highest BCUT2D eigenvalue weighted by Crippen LogP contribution is 2.30. The summed E-state index contributed by atoms with van der Waals surface area (Å²) >= 11 is 9.80. The van der Waals surface area contributed by atoms with Crippen LogP contribution < -0.4 is 9.62 Å². The number of anilines is 1. The van der Waals surface area contributed by atoms with Crippen molar-refractivity contribution < 1.29 is 18.0 Å². The first-order chi connectivity index (χ1) is 21.5. The lowest BCUT2D eigenvalue weighted by Crippen LogP contribution is -2.53. The minimum Gasteiger partial charge on any atom is -0.354 e. The van der Waals surface area contributed by atoms with E-state index in [1.54, 1.807) is 43.3 Å². The van der Waals surface area contributed by atoms with E-state index in [0.717, 1.165) is 19.9 Å². The number of halogens is 2. The molecule has 0 aliphatic carbocycles. The Morgan fingerprint density at radius 3 is 2.11 bits per heavy atom. The summed E-state index contributed by atoms with van der Waals surface area (Å²) in [5, 5.41) is 3.33. The van der Waals surface area contributed by atoms with Gasteiger partial charge in [-0.05, 0) is 65.9 Å². The van der Waals surface area contributed by atoms with Gasteiger partial charge < -0.3 is 10.2 Å². The number of nitrogens with zero attached hydrogens (tertiary/aromatic N) is 2. The Kier molecular flexibility index (Phi) is 11.8. The highest BCUT2D eigenvalue weighted by atomic mass is 79.9. The van der Waals surface area contributed by atoms with Gasteiger partial charge in [0.25, 0.3) is 10.0 Å². The van der Waals surface area contributed by atoms with E-state index in [0.29, 0.717) is 17.1 Å². The standard InChI is InChI=1S/C35H37BrClN3O4S/c1-25(2)22-38-35(42)33(20-27-10-6-4-7-11-27)39(23-28-15-17-29(36)18-16-28)34(41)24-40(32-21-30(37)19-14-26(32)3)45(43,44)31-12-8-5-9-13-31/h4-19,21,25,33H,20,22-24H2,1-3H3,(H,38,42)/t33-/m0/s1. The largest absolute Gasteiger partial charge is 0.354 e. The fourth-order valence-electron chi connectivity index (χ4n) is 4.85. The average molecular weight is 711 g/mol. The molecule has 4 rings (SSSR count). The summed E-state index contributed by atoms with van der Waals surface area (Å²) in [6, 6.07) is 28.9. The molecule has 0 aliphatic rings. The molecule has 10 heteroatoms. The van der Waals surface area contributed by atoms with Crippen molar-refractivity contribution in [1.82, 2.24) is 10.2 Å². The quantitative estimate of drug-likeness (QED) is 0.162. The maximum Gasteiger partial charge on any atom is 0.264 e. The van der Waals surface area contributed by atoms with Crippen molar-refractivity contribution in [3.05, 3.63) is 129 Å². The van der Waals surface area contributed by atoms with Gasteiger partial charge in [-0.3, -0.25) is 13.9 Å². The zero-order valence-electron chi connectivity index (χ0n) is 25.5. The molecule has 1 atom stereocenters. The number of aryl methyl sites for hydroxylation is 1. The minimum atomic E-state index is -4.21. The van der Waals surface area contributed by atoms with Crippen LogP contribution in [0.3, 0.4) is 0 Å². The molecular weight excluding hydrogens is 674 g/mol. The van der Waals surface area contributed by atoms with Crippen LogP contribution >= 0.6 is 27.5 Å². The maximum atomic E-state index is 14.5. The number of carbonyl (C=O) groups is 2. The molecule has 7 nitrogen and oxygen atoms in total. The van der Waals surface area contributed by atoms with Crippen molar-refractivity contribution in [2.24, 2.45) is 5.92 Å². The molecule has 0 saturated heterocycles. The van der Waals surface area contributed by atoms with E-state index in [9.17, 15) is 18.0 Å². The Morgan fingerprint density at radius 1 is 0.867 bits per heavy atom. The number of rotatable bonds is 13. The molecule has 0 radical (unpaired) electrons. The van der Waals surface area contributed by atoms with Crippen LogP contribution in [-0.4, -0.2) is 44.3 Å². The van der Waals surface area contributed by atoms with Crippen LogP contribution in [0, 0.1) is 12.8 Å². The second-order valence-corrected chi connectivity index (χ2v) is 14.5. The summed E-state index contributed by atoms with van der Waals surface area (Å²) in [5.74, 6) is -0.647. The van der Waals surface area contributed by atoms with Crippen LogP contribution in [0.25, 0.3) is 0 Å². The number of carbonyl (C=O) groups excluding carboxylic acids is 2. The van der Waals surface area contributed by atoms with Crippen molar-refractivity contribution in [2.75, 3.05) is 17.4 Å². The zero-order chi connectivity index (χ0) is 32.6. The van der Waals surface area contributed by atoms with Gasteiger partial charge in [0.05, 0.1) is 10.6 Å². The van der Waals surface area contributed by atoms with E-state index >= 15 is 0 Å². The van der Waals surface area contributed by atoms with E-state index in [1.807, 2.05) is 68.4 Å². The molecule has 4 aromatic carbocycles. The average Bonchev–Trinajstić information content (AvgIpc) is 3.03. The maximum absolute atomic E-state index is 14.5. The smallest absolute Gasteiger partial charge is 0.264 e. The predicted molar refractivity (Wildman–Crippen MR) is 184 cm³/mol. The van der Waals surface area contributed by atoms with Crippen LogP contribution in [0.2, 0.25) is 5.02 Å². The molecule has 0 saturated carbocycles. The van der Waals surface area contributed by atoms with Gasteiger partial charge in [0.1, 0.15) is 12.6 Å². The Balaban J connectivity index is 1.82. The minimum absolute atomic E-state index is 0.0344. The highest BCUT2D eigenvalue weighted by molar-refractivity contribution is 9.10. The van der Waals surface area contributed by atoms with E-state index in [4.69, 9.17) is 11.6 Å². The van der Waals surface area contributed by atoms with Gasteiger partial charge >= 0.3 is 0 Å². The van der Waals surface area contributed by atoms with Crippen LogP contribution in [0.5, 0.6) is 0 Å². The molecule has 2 amide bonds. The number of benzene rings is 4. The second-order valence-electron chi connectivity index (χ2n) is 11.2. The van der Waals surface area contributed by atoms with E-state index < -0.39 is 28.5 Å². The number of hydrogen-bond acceptors (Lipinski definition) is 4. The highest BCUT2D eigenvalue weighted by Gasteiger charge is 2.35.